The van der Waals surface area contributed by atoms with Crippen molar-refractivity contribution in [2.45, 2.75) is 83.3 Å². The molecule has 0 radical (unpaired) electrons. The fraction of sp³-hybridized carbons (Fsp3) is 0.739. The monoisotopic (exact) mass is 435 g/mol. The van der Waals surface area contributed by atoms with Gasteiger partial charge in [0.2, 0.25) is 5.91 Å². The van der Waals surface area contributed by atoms with Crippen LogP contribution in [-0.4, -0.2) is 57.1 Å². The molecule has 1 saturated heterocycles. The number of fused-ring (bicyclic) bond motifs is 3. The van der Waals surface area contributed by atoms with Crippen LogP contribution in [0.15, 0.2) is 23.9 Å². The van der Waals surface area contributed by atoms with Gasteiger partial charge < -0.3 is 18.8 Å². The minimum atomic E-state index is -2.02. The van der Waals surface area contributed by atoms with Crippen LogP contribution in [0.4, 0.5) is 0 Å². The molecular weight excluding hydrogens is 398 g/mol. The number of hydrogen-bond acceptors (Lipinski definition) is 5. The second-order valence-electron chi connectivity index (χ2n) is 10.3. The zero-order valence-electron chi connectivity index (χ0n) is 19.5. The first kappa shape index (κ1) is 23.2. The van der Waals surface area contributed by atoms with Crippen LogP contribution in [0.1, 0.15) is 47.0 Å². The molecule has 5 unspecified atom stereocenters. The normalized spacial score (nSPS) is 29.8. The second kappa shape index (κ2) is 8.24. The highest BCUT2D eigenvalue weighted by Crippen LogP contribution is 2.53. The van der Waals surface area contributed by atoms with Crippen molar-refractivity contribution in [2.24, 2.45) is 11.8 Å². The molecule has 1 amide bonds. The largest absolute Gasteiger partial charge is 0.457 e. The first-order valence-corrected chi connectivity index (χ1v) is 13.9. The van der Waals surface area contributed by atoms with E-state index in [-0.39, 0.29) is 47.6 Å². The summed E-state index contributed by atoms with van der Waals surface area (Å²) < 4.78 is 17.7. The average Bonchev–Trinajstić information content (AvgIpc) is 2.95. The molecule has 0 bridgehead atoms. The molecule has 0 aromatic rings. The zero-order valence-corrected chi connectivity index (χ0v) is 20.5. The first-order chi connectivity index (χ1) is 14.0. The lowest BCUT2D eigenvalue weighted by molar-refractivity contribution is -0.163. The van der Waals surface area contributed by atoms with Gasteiger partial charge in [0.15, 0.2) is 8.32 Å². The number of nitrogens with zero attached hydrogens (tertiary/aromatic N) is 1. The van der Waals surface area contributed by atoms with Crippen molar-refractivity contribution >= 4 is 20.2 Å². The number of esters is 1. The standard InChI is InChI=1S/C23H37NO5Si/c1-9-13-28-22(26)20-18-15(11-10-12-16(18)27-6)19-17(21(25)24(19)20)14(2)29-30(7,8)23(3,4)5/h9,14-17,19H,1,10-13H2,2-8H3. The molecule has 0 aromatic carbocycles. The summed E-state index contributed by atoms with van der Waals surface area (Å²) in [6.07, 6.45) is 4.03. The Kier molecular flexibility index (Phi) is 6.38. The van der Waals surface area contributed by atoms with Gasteiger partial charge in [-0.05, 0) is 49.9 Å². The minimum absolute atomic E-state index is 0.0338. The van der Waals surface area contributed by atoms with Crippen molar-refractivity contribution in [3.05, 3.63) is 23.9 Å². The summed E-state index contributed by atoms with van der Waals surface area (Å²) >= 11 is 0. The molecule has 3 rings (SSSR count). The van der Waals surface area contributed by atoms with Crippen LogP contribution in [0, 0.1) is 11.8 Å². The van der Waals surface area contributed by atoms with Crippen LogP contribution in [0.3, 0.4) is 0 Å². The predicted molar refractivity (Wildman–Crippen MR) is 118 cm³/mol. The highest BCUT2D eigenvalue weighted by Gasteiger charge is 2.63. The Hall–Kier alpha value is -1.44. The lowest BCUT2D eigenvalue weighted by Gasteiger charge is -2.50. The molecule has 1 saturated carbocycles. The summed E-state index contributed by atoms with van der Waals surface area (Å²) in [5, 5.41) is 0.0679. The SMILES string of the molecule is C=CCOC(=O)C1=C2C(OC)CCCC2C2C(C(C)O[Si](C)(C)C(C)(C)C)C(=O)N12. The molecule has 5 atom stereocenters. The number of amides is 1. The van der Waals surface area contributed by atoms with Crippen molar-refractivity contribution in [2.75, 3.05) is 13.7 Å². The number of ether oxygens (including phenoxy) is 2. The van der Waals surface area contributed by atoms with Crippen molar-refractivity contribution in [1.29, 1.82) is 0 Å². The molecule has 1 aliphatic carbocycles. The molecular formula is C23H37NO5Si. The number of β-lactam (4-membered cyclic amide) rings is 1. The summed E-state index contributed by atoms with van der Waals surface area (Å²) in [6.45, 7) is 16.8. The lowest BCUT2D eigenvalue weighted by atomic mass is 9.72. The van der Waals surface area contributed by atoms with Gasteiger partial charge in [-0.2, -0.15) is 0 Å². The number of rotatable bonds is 7. The van der Waals surface area contributed by atoms with Crippen molar-refractivity contribution in [3.8, 4) is 0 Å². The van der Waals surface area contributed by atoms with Crippen LogP contribution >= 0.6 is 0 Å². The summed E-state index contributed by atoms with van der Waals surface area (Å²) in [4.78, 5) is 27.9. The number of carbonyl (C=O) groups is 2. The van der Waals surface area contributed by atoms with Crippen LogP contribution in [0.2, 0.25) is 18.1 Å². The van der Waals surface area contributed by atoms with Crippen LogP contribution in [-0.2, 0) is 23.5 Å². The average molecular weight is 436 g/mol. The van der Waals surface area contributed by atoms with E-state index in [0.717, 1.165) is 24.8 Å². The maximum absolute atomic E-state index is 13.3. The molecule has 2 aliphatic heterocycles. The quantitative estimate of drug-likeness (QED) is 0.261. The number of methoxy groups -OCH3 is 1. The fourth-order valence-corrected chi connectivity index (χ4v) is 6.40. The van der Waals surface area contributed by atoms with Crippen molar-refractivity contribution in [3.63, 3.8) is 0 Å². The molecule has 30 heavy (non-hydrogen) atoms. The third kappa shape index (κ3) is 3.69. The van der Waals surface area contributed by atoms with E-state index in [9.17, 15) is 9.59 Å². The molecule has 168 valence electrons. The van der Waals surface area contributed by atoms with Gasteiger partial charge in [-0.3, -0.25) is 4.79 Å². The maximum Gasteiger partial charge on any atom is 0.355 e. The van der Waals surface area contributed by atoms with Gasteiger partial charge in [0, 0.05) is 13.0 Å². The van der Waals surface area contributed by atoms with E-state index in [4.69, 9.17) is 13.9 Å². The summed E-state index contributed by atoms with van der Waals surface area (Å²) in [5.41, 5.74) is 1.34. The Morgan fingerprint density at radius 3 is 2.57 bits per heavy atom. The Balaban J connectivity index is 1.90. The molecule has 0 N–H and O–H groups in total. The Morgan fingerprint density at radius 2 is 2.00 bits per heavy atom. The van der Waals surface area contributed by atoms with Gasteiger partial charge in [0.1, 0.15) is 12.3 Å². The molecule has 2 fully saturated rings. The van der Waals surface area contributed by atoms with Crippen molar-refractivity contribution in [1.82, 2.24) is 4.90 Å². The molecule has 2 heterocycles. The first-order valence-electron chi connectivity index (χ1n) is 11.0. The summed E-state index contributed by atoms with van der Waals surface area (Å²) in [6, 6.07) is -0.0449. The summed E-state index contributed by atoms with van der Waals surface area (Å²) in [7, 11) is -0.347. The van der Waals surface area contributed by atoms with Crippen LogP contribution in [0.25, 0.3) is 0 Å². The van der Waals surface area contributed by atoms with E-state index >= 15 is 0 Å². The van der Waals surface area contributed by atoms with Gasteiger partial charge in [0.05, 0.1) is 24.2 Å². The number of hydrogen-bond donors (Lipinski definition) is 0. The van der Waals surface area contributed by atoms with Gasteiger partial charge in [0.25, 0.3) is 0 Å². The summed E-state index contributed by atoms with van der Waals surface area (Å²) in [5.74, 6) is -0.595. The molecule has 0 spiro atoms. The lowest BCUT2D eigenvalue weighted by Crippen LogP contribution is -2.65. The van der Waals surface area contributed by atoms with Gasteiger partial charge >= 0.3 is 5.97 Å². The zero-order chi connectivity index (χ0) is 22.4. The Morgan fingerprint density at radius 1 is 1.33 bits per heavy atom. The van der Waals surface area contributed by atoms with E-state index in [0.29, 0.717) is 5.70 Å². The highest BCUT2D eigenvalue weighted by molar-refractivity contribution is 6.74. The smallest absolute Gasteiger partial charge is 0.355 e. The van der Waals surface area contributed by atoms with E-state index < -0.39 is 14.3 Å². The maximum atomic E-state index is 13.3. The third-order valence-electron chi connectivity index (χ3n) is 7.45. The van der Waals surface area contributed by atoms with E-state index in [2.05, 4.69) is 40.4 Å². The van der Waals surface area contributed by atoms with Crippen LogP contribution in [0.5, 0.6) is 0 Å². The molecule has 7 heteroatoms. The topological polar surface area (TPSA) is 65.1 Å². The molecule has 0 aromatic heterocycles. The van der Waals surface area contributed by atoms with Crippen molar-refractivity contribution < 1.29 is 23.5 Å². The van der Waals surface area contributed by atoms with Gasteiger partial charge in [-0.15, -0.1) is 0 Å². The van der Waals surface area contributed by atoms with Gasteiger partial charge in [-0.1, -0.05) is 33.4 Å². The van der Waals surface area contributed by atoms with E-state index in [1.807, 2.05) is 6.92 Å². The predicted octanol–water partition coefficient (Wildman–Crippen LogP) is 4.04. The Labute approximate surface area is 181 Å². The third-order valence-corrected chi connectivity index (χ3v) is 12.0. The second-order valence-corrected chi connectivity index (χ2v) is 15.0. The van der Waals surface area contributed by atoms with Crippen LogP contribution < -0.4 is 0 Å². The number of carbonyl (C=O) groups excluding carboxylic acids is 2. The van der Waals surface area contributed by atoms with Gasteiger partial charge in [-0.25, -0.2) is 4.79 Å². The van der Waals surface area contributed by atoms with E-state index in [1.165, 1.54) is 6.08 Å². The molecule has 6 nitrogen and oxygen atoms in total. The Bertz CT molecular complexity index is 753. The fourth-order valence-electron chi connectivity index (χ4n) is 4.97. The minimum Gasteiger partial charge on any atom is -0.457 e. The highest BCUT2D eigenvalue weighted by atomic mass is 28.4. The molecule has 3 aliphatic rings. The van der Waals surface area contributed by atoms with E-state index in [1.54, 1.807) is 12.0 Å².